The summed E-state index contributed by atoms with van der Waals surface area (Å²) in [6.07, 6.45) is 4.04. The van der Waals surface area contributed by atoms with Crippen molar-refractivity contribution < 1.29 is 4.39 Å². The average molecular weight is 318 g/mol. The van der Waals surface area contributed by atoms with Crippen LogP contribution in [0.5, 0.6) is 0 Å². The predicted molar refractivity (Wildman–Crippen MR) is 85.5 cm³/mol. The number of aromatic nitrogens is 2. The highest BCUT2D eigenvalue weighted by Gasteiger charge is 2.36. The van der Waals surface area contributed by atoms with E-state index in [1.54, 1.807) is 6.07 Å². The summed E-state index contributed by atoms with van der Waals surface area (Å²) in [4.78, 5) is 2.32. The third-order valence-electron chi connectivity index (χ3n) is 4.91. The Morgan fingerprint density at radius 1 is 1.05 bits per heavy atom. The zero-order valence-corrected chi connectivity index (χ0v) is 12.9. The number of benzene rings is 1. The topological polar surface area (TPSA) is 29.0 Å². The molecule has 0 N–H and O–H groups in total. The highest BCUT2D eigenvalue weighted by Crippen LogP contribution is 2.39. The number of hydrogen-bond donors (Lipinski definition) is 0. The summed E-state index contributed by atoms with van der Waals surface area (Å²) >= 11 is 6.12. The molecule has 1 aromatic heterocycles. The number of rotatable bonds is 2. The number of fused-ring (bicyclic) bond motifs is 1. The molecule has 1 aromatic carbocycles. The maximum atomic E-state index is 13.4. The van der Waals surface area contributed by atoms with Crippen LogP contribution >= 0.6 is 11.6 Å². The van der Waals surface area contributed by atoms with Gasteiger partial charge in [0.1, 0.15) is 5.82 Å². The van der Waals surface area contributed by atoms with Gasteiger partial charge in [-0.2, -0.15) is 0 Å². The zero-order chi connectivity index (χ0) is 15.1. The van der Waals surface area contributed by atoms with Crippen LogP contribution in [0.3, 0.4) is 0 Å². The van der Waals surface area contributed by atoms with E-state index >= 15 is 0 Å². The third-order valence-corrected chi connectivity index (χ3v) is 5.23. The number of halogens is 2. The monoisotopic (exact) mass is 317 g/mol. The minimum atomic E-state index is -0.322. The zero-order valence-electron chi connectivity index (χ0n) is 12.2. The minimum Gasteiger partial charge on any atom is -0.355 e. The highest BCUT2D eigenvalue weighted by atomic mass is 35.5. The van der Waals surface area contributed by atoms with Gasteiger partial charge in [-0.15, -0.1) is 10.2 Å². The summed E-state index contributed by atoms with van der Waals surface area (Å²) in [5.41, 5.74) is 1.19. The van der Waals surface area contributed by atoms with Crippen LogP contribution in [0.2, 0.25) is 5.02 Å². The molecule has 0 unspecified atom stereocenters. The first-order chi connectivity index (χ1) is 10.7. The maximum Gasteiger partial charge on any atom is 0.151 e. The Kier molecular flexibility index (Phi) is 3.49. The van der Waals surface area contributed by atoms with Gasteiger partial charge in [-0.1, -0.05) is 18.0 Å². The molecular weight excluding hydrogens is 301 g/mol. The van der Waals surface area contributed by atoms with Crippen molar-refractivity contribution in [2.24, 2.45) is 11.8 Å². The van der Waals surface area contributed by atoms with E-state index in [9.17, 15) is 4.39 Å². The summed E-state index contributed by atoms with van der Waals surface area (Å²) in [6.45, 7) is 2.17. The van der Waals surface area contributed by atoms with Gasteiger partial charge in [0.25, 0.3) is 0 Å². The van der Waals surface area contributed by atoms with E-state index in [2.05, 4.69) is 15.1 Å². The van der Waals surface area contributed by atoms with E-state index in [1.165, 1.54) is 31.4 Å². The van der Waals surface area contributed by atoms with Crippen LogP contribution in [0.4, 0.5) is 10.2 Å². The molecule has 4 rings (SSSR count). The lowest BCUT2D eigenvalue weighted by molar-refractivity contribution is 0.494. The highest BCUT2D eigenvalue weighted by molar-refractivity contribution is 6.33. The van der Waals surface area contributed by atoms with Crippen molar-refractivity contribution in [3.8, 4) is 11.3 Å². The van der Waals surface area contributed by atoms with E-state index in [4.69, 9.17) is 11.6 Å². The molecule has 1 aliphatic heterocycles. The molecule has 0 amide bonds. The molecule has 2 heterocycles. The van der Waals surface area contributed by atoms with Crippen molar-refractivity contribution in [2.75, 3.05) is 18.0 Å². The molecule has 3 nitrogen and oxygen atoms in total. The molecule has 0 bridgehead atoms. The smallest absolute Gasteiger partial charge is 0.151 e. The summed E-state index contributed by atoms with van der Waals surface area (Å²) in [5, 5.41) is 9.06. The Bertz CT molecular complexity index is 677. The van der Waals surface area contributed by atoms with Crippen molar-refractivity contribution in [3.05, 3.63) is 41.2 Å². The van der Waals surface area contributed by atoms with Crippen molar-refractivity contribution in [2.45, 2.75) is 19.3 Å². The molecule has 1 saturated heterocycles. The Hall–Kier alpha value is -1.68. The summed E-state index contributed by atoms with van der Waals surface area (Å²) in [6, 6.07) is 8.12. The van der Waals surface area contributed by atoms with Crippen molar-refractivity contribution in [1.29, 1.82) is 0 Å². The van der Waals surface area contributed by atoms with Crippen LogP contribution in [0.1, 0.15) is 19.3 Å². The second-order valence-electron chi connectivity index (χ2n) is 6.26. The molecule has 22 heavy (non-hydrogen) atoms. The Morgan fingerprint density at radius 2 is 1.82 bits per heavy atom. The molecule has 1 aliphatic carbocycles. The van der Waals surface area contributed by atoms with E-state index in [-0.39, 0.29) is 5.82 Å². The fourth-order valence-electron chi connectivity index (χ4n) is 3.75. The predicted octanol–water partition coefficient (Wildman–Crippen LogP) is 4.17. The second kappa shape index (κ2) is 5.51. The normalized spacial score (nSPS) is 23.8. The number of anilines is 1. The van der Waals surface area contributed by atoms with Gasteiger partial charge in [-0.3, -0.25) is 0 Å². The number of hydrogen-bond acceptors (Lipinski definition) is 3. The van der Waals surface area contributed by atoms with Gasteiger partial charge in [-0.25, -0.2) is 4.39 Å². The van der Waals surface area contributed by atoms with Crippen LogP contribution in [-0.2, 0) is 0 Å². The van der Waals surface area contributed by atoms with Crippen molar-refractivity contribution >= 4 is 17.4 Å². The molecule has 1 saturated carbocycles. The van der Waals surface area contributed by atoms with E-state index in [0.717, 1.165) is 30.7 Å². The second-order valence-corrected chi connectivity index (χ2v) is 6.66. The first kappa shape index (κ1) is 13.9. The largest absolute Gasteiger partial charge is 0.355 e. The Balaban J connectivity index is 1.57. The van der Waals surface area contributed by atoms with Crippen LogP contribution in [-0.4, -0.2) is 23.3 Å². The summed E-state index contributed by atoms with van der Waals surface area (Å²) in [5.74, 6) is 2.22. The molecule has 2 fully saturated rings. The molecule has 2 atom stereocenters. The van der Waals surface area contributed by atoms with Crippen molar-refractivity contribution in [1.82, 2.24) is 10.2 Å². The first-order valence-corrected chi connectivity index (χ1v) is 8.12. The fourth-order valence-corrected chi connectivity index (χ4v) is 3.97. The SMILES string of the molecule is Fc1ccc(Cl)c(-c2ccc(N3C[C@H]4CCC[C@H]4C3)nn2)c1. The van der Waals surface area contributed by atoms with E-state index in [0.29, 0.717) is 16.3 Å². The fraction of sp³-hybridized carbons (Fsp3) is 0.412. The Morgan fingerprint density at radius 3 is 2.50 bits per heavy atom. The summed E-state index contributed by atoms with van der Waals surface area (Å²) in [7, 11) is 0. The van der Waals surface area contributed by atoms with E-state index < -0.39 is 0 Å². The Labute approximate surface area is 134 Å². The van der Waals surface area contributed by atoms with Gasteiger partial charge < -0.3 is 4.90 Å². The average Bonchev–Trinajstić information content (AvgIpc) is 3.11. The standard InChI is InChI=1S/C17H17ClFN3/c18-15-5-4-13(19)8-14(15)16-6-7-17(21-20-16)22-9-11-2-1-3-12(11)10-22/h4-8,11-12H,1-3,9-10H2/t11-,12+. The minimum absolute atomic E-state index is 0.322. The number of nitrogens with zero attached hydrogens (tertiary/aromatic N) is 3. The van der Waals surface area contributed by atoms with Gasteiger partial charge in [0.15, 0.2) is 5.82 Å². The van der Waals surface area contributed by atoms with Crippen LogP contribution in [0, 0.1) is 17.7 Å². The van der Waals surface area contributed by atoms with Crippen molar-refractivity contribution in [3.63, 3.8) is 0 Å². The molecule has 0 radical (unpaired) electrons. The van der Waals surface area contributed by atoms with Gasteiger partial charge in [0, 0.05) is 18.7 Å². The van der Waals surface area contributed by atoms with Gasteiger partial charge in [0.2, 0.25) is 0 Å². The third kappa shape index (κ3) is 2.45. The van der Waals surface area contributed by atoms with Crippen LogP contribution in [0.25, 0.3) is 11.3 Å². The maximum absolute atomic E-state index is 13.4. The van der Waals surface area contributed by atoms with Gasteiger partial charge in [0.05, 0.1) is 10.7 Å². The lowest BCUT2D eigenvalue weighted by Gasteiger charge is -2.17. The molecule has 2 aromatic rings. The molecule has 114 valence electrons. The lowest BCUT2D eigenvalue weighted by Crippen LogP contribution is -2.22. The van der Waals surface area contributed by atoms with E-state index in [1.807, 2.05) is 12.1 Å². The molecule has 5 heteroatoms. The quantitative estimate of drug-likeness (QED) is 0.832. The molecular formula is C17H17ClFN3. The van der Waals surface area contributed by atoms with Crippen LogP contribution in [0.15, 0.2) is 30.3 Å². The summed E-state index contributed by atoms with van der Waals surface area (Å²) < 4.78 is 13.4. The van der Waals surface area contributed by atoms with Gasteiger partial charge >= 0.3 is 0 Å². The molecule has 2 aliphatic rings. The molecule has 0 spiro atoms. The lowest BCUT2D eigenvalue weighted by atomic mass is 10.0. The van der Waals surface area contributed by atoms with Gasteiger partial charge in [-0.05, 0) is 55.0 Å². The first-order valence-electron chi connectivity index (χ1n) is 7.75. The van der Waals surface area contributed by atoms with Crippen LogP contribution < -0.4 is 4.90 Å².